The average Bonchev–Trinajstić information content (AvgIpc) is 2.89. The van der Waals surface area contributed by atoms with Crippen LogP contribution >= 0.6 is 0 Å². The van der Waals surface area contributed by atoms with Crippen LogP contribution in [0.15, 0.2) is 78.9 Å². The number of hydrogen-bond donors (Lipinski definition) is 2. The Kier molecular flexibility index (Phi) is 9.26. The van der Waals surface area contributed by atoms with Gasteiger partial charge in [0, 0.05) is 12.1 Å². The van der Waals surface area contributed by atoms with E-state index in [0.29, 0.717) is 18.7 Å². The second kappa shape index (κ2) is 12.6. The number of hydrogen-bond acceptors (Lipinski definition) is 5. The van der Waals surface area contributed by atoms with Gasteiger partial charge in [-0.25, -0.2) is 0 Å². The first kappa shape index (κ1) is 25.8. The lowest BCUT2D eigenvalue weighted by atomic mass is 10.1. The Morgan fingerprint density at radius 3 is 2.31 bits per heavy atom. The quantitative estimate of drug-likeness (QED) is 0.397. The van der Waals surface area contributed by atoms with Crippen molar-refractivity contribution >= 4 is 17.5 Å². The summed E-state index contributed by atoms with van der Waals surface area (Å²) < 4.78 is 11.2. The number of benzene rings is 3. The number of nitrogens with zero attached hydrogens (tertiary/aromatic N) is 1. The van der Waals surface area contributed by atoms with E-state index in [1.165, 1.54) is 5.01 Å². The summed E-state index contributed by atoms with van der Waals surface area (Å²) in [5.41, 5.74) is 6.30. The van der Waals surface area contributed by atoms with Crippen molar-refractivity contribution in [2.45, 2.75) is 39.5 Å². The van der Waals surface area contributed by atoms with Crippen molar-refractivity contribution in [3.05, 3.63) is 95.6 Å². The van der Waals surface area contributed by atoms with Gasteiger partial charge in [-0.15, -0.1) is 0 Å². The summed E-state index contributed by atoms with van der Waals surface area (Å²) in [6, 6.07) is 23.3. The zero-order valence-electron chi connectivity index (χ0n) is 20.7. The highest BCUT2D eigenvalue weighted by atomic mass is 16.5. The summed E-state index contributed by atoms with van der Waals surface area (Å²) >= 11 is 0. The third-order valence-electron chi connectivity index (χ3n) is 5.59. The summed E-state index contributed by atoms with van der Waals surface area (Å²) in [5.74, 6) is 0.0868. The van der Waals surface area contributed by atoms with Crippen LogP contribution in [0.25, 0.3) is 0 Å². The molecule has 0 bridgehead atoms. The highest BCUT2D eigenvalue weighted by molar-refractivity contribution is 5.98. The minimum absolute atomic E-state index is 0.301. The lowest BCUT2D eigenvalue weighted by Crippen LogP contribution is -2.55. The first-order valence-electron chi connectivity index (χ1n) is 11.7. The van der Waals surface area contributed by atoms with Gasteiger partial charge in [0.2, 0.25) is 0 Å². The summed E-state index contributed by atoms with van der Waals surface area (Å²) in [5, 5.41) is 4.38. The van der Waals surface area contributed by atoms with E-state index in [0.717, 1.165) is 22.6 Å². The van der Waals surface area contributed by atoms with Gasteiger partial charge < -0.3 is 14.8 Å². The fraction of sp³-hybridized carbons (Fsp3) is 0.286. The highest BCUT2D eigenvalue weighted by Crippen LogP contribution is 2.17. The molecule has 0 spiro atoms. The van der Waals surface area contributed by atoms with Crippen LogP contribution < -0.4 is 15.5 Å². The Bertz CT molecular complexity index is 1100. The standard InChI is InChI=1S/C28H33N3O4/c1-5-31(30-24-14-16-25(34-4)17-15-24)28(33)26(21(3)35-19-22-11-7-6-8-12-22)29-27(32)23-13-9-10-20(2)18-23/h6-18,21,26,30H,5,19H2,1-4H3,(H,29,32). The Hall–Kier alpha value is -3.84. The number of aryl methyl sites for hydroxylation is 1. The van der Waals surface area contributed by atoms with Crippen LogP contribution in [0.1, 0.15) is 35.3 Å². The number of ether oxygens (including phenoxy) is 2. The van der Waals surface area contributed by atoms with Crippen LogP contribution in [-0.2, 0) is 16.1 Å². The van der Waals surface area contributed by atoms with E-state index in [1.807, 2.05) is 80.6 Å². The number of anilines is 1. The van der Waals surface area contributed by atoms with Gasteiger partial charge in [-0.05, 0) is 62.7 Å². The molecule has 2 atom stereocenters. The molecule has 0 aliphatic heterocycles. The molecule has 3 rings (SSSR count). The molecule has 35 heavy (non-hydrogen) atoms. The fourth-order valence-corrected chi connectivity index (χ4v) is 3.57. The molecular formula is C28H33N3O4. The van der Waals surface area contributed by atoms with Crippen molar-refractivity contribution in [3.8, 4) is 5.75 Å². The van der Waals surface area contributed by atoms with Crippen molar-refractivity contribution in [2.24, 2.45) is 0 Å². The minimum atomic E-state index is -0.905. The molecular weight excluding hydrogens is 442 g/mol. The van der Waals surface area contributed by atoms with Gasteiger partial charge in [-0.1, -0.05) is 48.0 Å². The summed E-state index contributed by atoms with van der Waals surface area (Å²) in [6.45, 7) is 6.28. The molecule has 7 nitrogen and oxygen atoms in total. The van der Waals surface area contributed by atoms with Gasteiger partial charge in [0.1, 0.15) is 11.8 Å². The molecule has 0 heterocycles. The first-order chi connectivity index (χ1) is 16.9. The van der Waals surface area contributed by atoms with Gasteiger partial charge in [-0.2, -0.15) is 0 Å². The molecule has 3 aromatic rings. The normalized spacial score (nSPS) is 12.3. The zero-order valence-corrected chi connectivity index (χ0v) is 20.7. The van der Waals surface area contributed by atoms with Crippen molar-refractivity contribution in [1.82, 2.24) is 10.3 Å². The van der Waals surface area contributed by atoms with Crippen molar-refractivity contribution in [1.29, 1.82) is 0 Å². The SMILES string of the molecule is CCN(Nc1ccc(OC)cc1)C(=O)C(NC(=O)c1cccc(C)c1)C(C)OCc1ccccc1. The smallest absolute Gasteiger partial charge is 0.266 e. The molecule has 0 aliphatic carbocycles. The van der Waals surface area contributed by atoms with Crippen molar-refractivity contribution in [2.75, 3.05) is 19.1 Å². The van der Waals surface area contributed by atoms with Crippen LogP contribution in [0.2, 0.25) is 0 Å². The van der Waals surface area contributed by atoms with Gasteiger partial charge in [-0.3, -0.25) is 20.0 Å². The third kappa shape index (κ3) is 7.32. The average molecular weight is 476 g/mol. The van der Waals surface area contributed by atoms with Crippen LogP contribution in [0.4, 0.5) is 5.69 Å². The fourth-order valence-electron chi connectivity index (χ4n) is 3.57. The summed E-state index contributed by atoms with van der Waals surface area (Å²) in [7, 11) is 1.60. The van der Waals surface area contributed by atoms with Crippen LogP contribution in [-0.4, -0.2) is 42.6 Å². The van der Waals surface area contributed by atoms with Crippen molar-refractivity contribution in [3.63, 3.8) is 0 Å². The van der Waals surface area contributed by atoms with E-state index in [4.69, 9.17) is 9.47 Å². The monoisotopic (exact) mass is 475 g/mol. The predicted octanol–water partition coefficient (Wildman–Crippen LogP) is 4.58. The van der Waals surface area contributed by atoms with E-state index in [1.54, 1.807) is 26.2 Å². The number of amides is 2. The molecule has 2 unspecified atom stereocenters. The second-order valence-electron chi connectivity index (χ2n) is 8.25. The summed E-state index contributed by atoms with van der Waals surface area (Å²) in [6.07, 6.45) is -0.580. The molecule has 0 aromatic heterocycles. The lowest BCUT2D eigenvalue weighted by molar-refractivity contribution is -0.135. The summed E-state index contributed by atoms with van der Waals surface area (Å²) in [4.78, 5) is 26.7. The van der Waals surface area contributed by atoms with E-state index < -0.39 is 12.1 Å². The molecule has 184 valence electrons. The van der Waals surface area contributed by atoms with Crippen LogP contribution in [0.3, 0.4) is 0 Å². The topological polar surface area (TPSA) is 79.9 Å². The number of carbonyl (C=O) groups excluding carboxylic acids is 2. The second-order valence-corrected chi connectivity index (χ2v) is 8.25. The molecule has 2 N–H and O–H groups in total. The Morgan fingerprint density at radius 1 is 0.971 bits per heavy atom. The Labute approximate surface area is 207 Å². The Balaban J connectivity index is 1.79. The molecule has 0 aliphatic rings. The molecule has 7 heteroatoms. The van der Waals surface area contributed by atoms with Gasteiger partial charge in [0.15, 0.2) is 0 Å². The van der Waals surface area contributed by atoms with Gasteiger partial charge in [0.25, 0.3) is 11.8 Å². The van der Waals surface area contributed by atoms with E-state index >= 15 is 0 Å². The molecule has 0 fully saturated rings. The third-order valence-corrected chi connectivity index (χ3v) is 5.59. The van der Waals surface area contributed by atoms with Gasteiger partial charge >= 0.3 is 0 Å². The number of hydrazine groups is 1. The van der Waals surface area contributed by atoms with Crippen LogP contribution in [0.5, 0.6) is 5.75 Å². The molecule has 0 saturated heterocycles. The molecule has 0 radical (unpaired) electrons. The van der Waals surface area contributed by atoms with E-state index in [9.17, 15) is 9.59 Å². The predicted molar refractivity (Wildman–Crippen MR) is 137 cm³/mol. The maximum atomic E-state index is 13.6. The highest BCUT2D eigenvalue weighted by Gasteiger charge is 2.31. The van der Waals surface area contributed by atoms with Crippen molar-refractivity contribution < 1.29 is 19.1 Å². The lowest BCUT2D eigenvalue weighted by Gasteiger charge is -2.31. The first-order valence-corrected chi connectivity index (χ1v) is 11.7. The molecule has 3 aromatic carbocycles. The van der Waals surface area contributed by atoms with E-state index in [2.05, 4.69) is 10.7 Å². The minimum Gasteiger partial charge on any atom is -0.497 e. The zero-order chi connectivity index (χ0) is 25.2. The number of rotatable bonds is 11. The Morgan fingerprint density at radius 2 is 1.69 bits per heavy atom. The van der Waals surface area contributed by atoms with Crippen LogP contribution in [0, 0.1) is 6.92 Å². The molecule has 2 amide bonds. The largest absolute Gasteiger partial charge is 0.497 e. The number of methoxy groups -OCH3 is 1. The number of carbonyl (C=O) groups is 2. The van der Waals surface area contributed by atoms with E-state index in [-0.39, 0.29) is 11.8 Å². The number of likely N-dealkylation sites (N-methyl/N-ethyl adjacent to an activating group) is 1. The maximum absolute atomic E-state index is 13.6. The van der Waals surface area contributed by atoms with Gasteiger partial charge in [0.05, 0.1) is 25.5 Å². The molecule has 0 saturated carbocycles. The maximum Gasteiger partial charge on any atom is 0.266 e. The number of nitrogens with one attached hydrogen (secondary N) is 2.